The van der Waals surface area contributed by atoms with E-state index in [0.717, 1.165) is 38.7 Å². The number of amides is 1. The number of hydrogen-bond acceptors (Lipinski definition) is 4. The van der Waals surface area contributed by atoms with Gasteiger partial charge in [0.2, 0.25) is 5.95 Å². The summed E-state index contributed by atoms with van der Waals surface area (Å²) >= 11 is 0. The second-order valence-electron chi connectivity index (χ2n) is 7.24. The molecule has 1 N–H and O–H groups in total. The molecule has 2 aliphatic heterocycles. The average Bonchev–Trinajstić information content (AvgIpc) is 3.31. The Bertz CT molecular complexity index is 737. The van der Waals surface area contributed by atoms with Gasteiger partial charge in [0.15, 0.2) is 6.54 Å². The maximum Gasteiger partial charge on any atom is 0.277 e. The summed E-state index contributed by atoms with van der Waals surface area (Å²) in [5, 5.41) is 0. The van der Waals surface area contributed by atoms with Gasteiger partial charge in [-0.2, -0.15) is 0 Å². The molecule has 2 saturated heterocycles. The first-order valence-corrected chi connectivity index (χ1v) is 9.48. The number of carbonyl (C=O) groups excluding carboxylic acids is 1. The second kappa shape index (κ2) is 7.45. The molecular weight excluding hydrogens is 328 g/mol. The van der Waals surface area contributed by atoms with E-state index in [1.165, 1.54) is 23.4 Å². The summed E-state index contributed by atoms with van der Waals surface area (Å²) in [5.74, 6) is 1.03. The lowest BCUT2D eigenvalue weighted by atomic mass is 10.1. The highest BCUT2D eigenvalue weighted by atomic mass is 16.2. The van der Waals surface area contributed by atoms with Gasteiger partial charge in [0.1, 0.15) is 6.04 Å². The molecule has 0 aromatic carbocycles. The summed E-state index contributed by atoms with van der Waals surface area (Å²) < 4.78 is 2.19. The molecule has 0 radical (unpaired) electrons. The molecule has 4 heterocycles. The van der Waals surface area contributed by atoms with Crippen molar-refractivity contribution >= 4 is 11.9 Å². The zero-order valence-corrected chi connectivity index (χ0v) is 15.3. The first-order valence-electron chi connectivity index (χ1n) is 9.48. The number of likely N-dealkylation sites (tertiary alicyclic amines) is 1. The van der Waals surface area contributed by atoms with Crippen LogP contribution in [0.2, 0.25) is 0 Å². The molecule has 0 aliphatic carbocycles. The molecule has 26 heavy (non-hydrogen) atoms. The van der Waals surface area contributed by atoms with E-state index in [2.05, 4.69) is 44.8 Å². The highest BCUT2D eigenvalue weighted by molar-refractivity contribution is 5.77. The first kappa shape index (κ1) is 17.0. The topological polar surface area (TPSA) is 58.7 Å². The largest absolute Gasteiger partial charge is 0.350 e. The van der Waals surface area contributed by atoms with Crippen molar-refractivity contribution in [2.75, 3.05) is 44.2 Å². The van der Waals surface area contributed by atoms with Crippen LogP contribution in [0.3, 0.4) is 0 Å². The van der Waals surface area contributed by atoms with Crippen molar-refractivity contribution in [3.63, 3.8) is 0 Å². The minimum Gasteiger partial charge on any atom is -0.350 e. The number of carbonyl (C=O) groups is 1. The highest BCUT2D eigenvalue weighted by Gasteiger charge is 2.34. The van der Waals surface area contributed by atoms with Crippen molar-refractivity contribution in [2.45, 2.75) is 18.9 Å². The van der Waals surface area contributed by atoms with Gasteiger partial charge in [-0.05, 0) is 18.2 Å². The molecule has 7 nitrogen and oxygen atoms in total. The van der Waals surface area contributed by atoms with Crippen molar-refractivity contribution in [3.8, 4) is 0 Å². The number of rotatable bonds is 4. The Hall–Kier alpha value is -2.41. The summed E-state index contributed by atoms with van der Waals surface area (Å²) in [6.45, 7) is 4.77. The quantitative estimate of drug-likeness (QED) is 0.831. The number of piperazine rings is 1. The van der Waals surface area contributed by atoms with Gasteiger partial charge in [-0.3, -0.25) is 4.79 Å². The molecule has 4 rings (SSSR count). The normalized spacial score (nSPS) is 23.4. The first-order chi connectivity index (χ1) is 12.7. The van der Waals surface area contributed by atoms with E-state index < -0.39 is 0 Å². The minimum absolute atomic E-state index is 0.273. The van der Waals surface area contributed by atoms with E-state index in [1.54, 1.807) is 12.4 Å². The van der Waals surface area contributed by atoms with Crippen molar-refractivity contribution in [1.82, 2.24) is 19.4 Å². The van der Waals surface area contributed by atoms with E-state index in [4.69, 9.17) is 0 Å². The van der Waals surface area contributed by atoms with Crippen molar-refractivity contribution in [2.24, 2.45) is 7.05 Å². The van der Waals surface area contributed by atoms with Crippen molar-refractivity contribution in [3.05, 3.63) is 42.5 Å². The fourth-order valence-corrected chi connectivity index (χ4v) is 4.23. The highest BCUT2D eigenvalue weighted by Crippen LogP contribution is 2.19. The average molecular weight is 355 g/mol. The van der Waals surface area contributed by atoms with Crippen LogP contribution in [0.1, 0.15) is 24.6 Å². The second-order valence-corrected chi connectivity index (χ2v) is 7.24. The fraction of sp³-hybridized carbons (Fsp3) is 0.526. The van der Waals surface area contributed by atoms with E-state index in [9.17, 15) is 4.79 Å². The van der Waals surface area contributed by atoms with Crippen molar-refractivity contribution < 1.29 is 9.69 Å². The van der Waals surface area contributed by atoms with Crippen LogP contribution in [-0.4, -0.2) is 64.6 Å². The van der Waals surface area contributed by atoms with Gasteiger partial charge in [0.05, 0.1) is 12.2 Å². The minimum atomic E-state index is 0.273. The standard InChI is InChI=1S/C19H26N6O/c1-22-9-2-5-16(22)17-6-3-10-25(17)15-18(26)23-11-13-24(14-12-23)19-20-7-4-8-21-19/h2,4-5,7-9,17H,3,6,10-15H2,1H3/p+1/t17-/m0/s1. The Morgan fingerprint density at radius 2 is 1.96 bits per heavy atom. The van der Waals surface area contributed by atoms with Crippen LogP contribution in [0.4, 0.5) is 5.95 Å². The van der Waals surface area contributed by atoms with Crippen LogP contribution < -0.4 is 9.80 Å². The molecular formula is C19H27N6O+. The predicted molar refractivity (Wildman–Crippen MR) is 98.9 cm³/mol. The molecule has 2 aliphatic rings. The van der Waals surface area contributed by atoms with Crippen LogP contribution in [0.25, 0.3) is 0 Å². The van der Waals surface area contributed by atoms with E-state index in [-0.39, 0.29) is 5.91 Å². The maximum absolute atomic E-state index is 12.8. The molecule has 7 heteroatoms. The zero-order valence-electron chi connectivity index (χ0n) is 15.3. The maximum atomic E-state index is 12.8. The van der Waals surface area contributed by atoms with Gasteiger partial charge in [-0.15, -0.1) is 0 Å². The molecule has 2 atom stereocenters. The lowest BCUT2D eigenvalue weighted by molar-refractivity contribution is -0.911. The van der Waals surface area contributed by atoms with Crippen molar-refractivity contribution in [1.29, 1.82) is 0 Å². The summed E-state index contributed by atoms with van der Waals surface area (Å²) in [6.07, 6.45) is 7.98. The number of hydrogen-bond donors (Lipinski definition) is 1. The van der Waals surface area contributed by atoms with Gasteiger partial charge < -0.3 is 19.3 Å². The van der Waals surface area contributed by atoms with Crippen LogP contribution in [0, 0.1) is 0 Å². The smallest absolute Gasteiger partial charge is 0.277 e. The Balaban J connectivity index is 1.33. The van der Waals surface area contributed by atoms with Crippen LogP contribution in [-0.2, 0) is 11.8 Å². The Morgan fingerprint density at radius 3 is 2.65 bits per heavy atom. The SMILES string of the molecule is Cn1cccc1[C@@H]1CCC[NH+]1CC(=O)N1CCN(c2ncccn2)CC1. The third-order valence-electron chi connectivity index (χ3n) is 5.67. The Labute approximate surface area is 154 Å². The third-order valence-corrected chi connectivity index (χ3v) is 5.67. The van der Waals surface area contributed by atoms with Crippen LogP contribution in [0.5, 0.6) is 0 Å². The summed E-state index contributed by atoms with van der Waals surface area (Å²) in [5.41, 5.74) is 1.34. The van der Waals surface area contributed by atoms with Gasteiger partial charge in [0, 0.05) is 64.7 Å². The van der Waals surface area contributed by atoms with E-state index >= 15 is 0 Å². The number of aryl methyl sites for hydroxylation is 1. The predicted octanol–water partition coefficient (Wildman–Crippen LogP) is -0.116. The fourth-order valence-electron chi connectivity index (χ4n) is 4.23. The molecule has 1 unspecified atom stereocenters. The van der Waals surface area contributed by atoms with Gasteiger partial charge >= 0.3 is 0 Å². The number of quaternary nitrogens is 1. The summed E-state index contributed by atoms with van der Waals surface area (Å²) in [7, 11) is 2.10. The monoisotopic (exact) mass is 355 g/mol. The number of aromatic nitrogens is 3. The number of anilines is 1. The lowest BCUT2D eigenvalue weighted by Crippen LogP contribution is -3.11. The van der Waals surface area contributed by atoms with E-state index in [1.807, 2.05) is 11.0 Å². The lowest BCUT2D eigenvalue weighted by Gasteiger charge is -2.35. The summed E-state index contributed by atoms with van der Waals surface area (Å²) in [4.78, 5) is 27.0. The molecule has 0 bridgehead atoms. The Morgan fingerprint density at radius 1 is 1.19 bits per heavy atom. The molecule has 0 saturated carbocycles. The summed E-state index contributed by atoms with van der Waals surface area (Å²) in [6, 6.07) is 6.56. The van der Waals surface area contributed by atoms with Crippen LogP contribution in [0.15, 0.2) is 36.8 Å². The molecule has 0 spiro atoms. The van der Waals surface area contributed by atoms with Gasteiger partial charge in [-0.1, -0.05) is 0 Å². The number of nitrogens with zero attached hydrogens (tertiary/aromatic N) is 5. The van der Waals surface area contributed by atoms with E-state index in [0.29, 0.717) is 12.6 Å². The molecule has 1 amide bonds. The molecule has 2 aromatic heterocycles. The third kappa shape index (κ3) is 3.44. The zero-order chi connectivity index (χ0) is 17.9. The molecule has 2 aromatic rings. The molecule has 2 fully saturated rings. The Kier molecular flexibility index (Phi) is 4.88. The van der Waals surface area contributed by atoms with Gasteiger partial charge in [0.25, 0.3) is 5.91 Å². The molecule has 138 valence electrons. The number of nitrogens with one attached hydrogen (secondary N) is 1. The van der Waals surface area contributed by atoms with Gasteiger partial charge in [-0.25, -0.2) is 9.97 Å². The van der Waals surface area contributed by atoms with Crippen LogP contribution >= 0.6 is 0 Å².